The van der Waals surface area contributed by atoms with E-state index in [1.54, 1.807) is 0 Å². The first-order valence-corrected chi connectivity index (χ1v) is 8.62. The normalized spacial score (nSPS) is 38.6. The molecule has 1 amide bonds. The first-order valence-electron chi connectivity index (χ1n) is 7.18. The molecule has 4 fully saturated rings. The summed E-state index contributed by atoms with van der Waals surface area (Å²) in [6.45, 7) is 0. The highest BCUT2D eigenvalue weighted by atomic mass is 32.2. The van der Waals surface area contributed by atoms with Gasteiger partial charge in [-0.15, -0.1) is 0 Å². The van der Waals surface area contributed by atoms with Gasteiger partial charge in [0.25, 0.3) is 0 Å². The van der Waals surface area contributed by atoms with Crippen LogP contribution in [0.1, 0.15) is 38.5 Å². The van der Waals surface area contributed by atoms with Gasteiger partial charge in [-0.3, -0.25) is 9.35 Å². The fourth-order valence-electron chi connectivity index (χ4n) is 5.00. The van der Waals surface area contributed by atoms with E-state index in [1.165, 1.54) is 7.05 Å². The molecule has 0 aromatic rings. The number of carbonyl (C=O) groups excluding carboxylic acids is 1. The monoisotopic (exact) mass is 323 g/mol. The lowest BCUT2D eigenvalue weighted by atomic mass is 9.52. The number of hydrogen-bond donors (Lipinski definition) is 1. The second-order valence-corrected chi connectivity index (χ2v) is 8.46. The van der Waals surface area contributed by atoms with Crippen LogP contribution in [0.5, 0.6) is 0 Å². The zero-order chi connectivity index (χ0) is 15.6. The molecule has 0 heterocycles. The van der Waals surface area contributed by atoms with E-state index < -0.39 is 26.8 Å². The van der Waals surface area contributed by atoms with E-state index >= 15 is 0 Å². The molecule has 0 spiro atoms. The molecule has 0 atom stereocenters. The SMILES string of the molecule is CN(C(=O)C(F)(F)S(=O)(=O)O)C12CC3CC(CC(C3)C1)C2. The standard InChI is InChI=1S/C13H19F2NO4S/c1-16(11(17)13(14,15)21(18,19)20)12-5-8-2-9(6-12)4-10(3-8)7-12/h8-10H,2-7H2,1H3,(H,18,19,20). The lowest BCUT2D eigenvalue weighted by molar-refractivity contribution is -0.163. The number of hydrogen-bond acceptors (Lipinski definition) is 3. The van der Waals surface area contributed by atoms with E-state index in [0.717, 1.165) is 24.2 Å². The molecule has 0 aliphatic heterocycles. The molecule has 0 saturated heterocycles. The number of alkyl halides is 2. The lowest BCUT2D eigenvalue weighted by Gasteiger charge is -2.59. The fourth-order valence-corrected chi connectivity index (χ4v) is 5.35. The van der Waals surface area contributed by atoms with Crippen molar-refractivity contribution in [3.63, 3.8) is 0 Å². The summed E-state index contributed by atoms with van der Waals surface area (Å²) in [4.78, 5) is 12.9. The number of amides is 1. The van der Waals surface area contributed by atoms with Crippen molar-refractivity contribution in [3.05, 3.63) is 0 Å². The van der Waals surface area contributed by atoms with Gasteiger partial charge in [0, 0.05) is 12.6 Å². The maximum absolute atomic E-state index is 13.6. The Bertz CT molecular complexity index is 539. The first-order chi connectivity index (χ1) is 9.55. The summed E-state index contributed by atoms with van der Waals surface area (Å²) in [5, 5.41) is -4.77. The Kier molecular flexibility index (Phi) is 3.16. The highest BCUT2D eigenvalue weighted by Gasteiger charge is 2.60. The van der Waals surface area contributed by atoms with Gasteiger partial charge in [-0.25, -0.2) is 0 Å². The van der Waals surface area contributed by atoms with Crippen molar-refractivity contribution in [2.75, 3.05) is 7.05 Å². The van der Waals surface area contributed by atoms with E-state index in [-0.39, 0.29) is 0 Å². The van der Waals surface area contributed by atoms with Crippen LogP contribution < -0.4 is 0 Å². The quantitative estimate of drug-likeness (QED) is 0.805. The number of halogens is 2. The van der Waals surface area contributed by atoms with Crippen LogP contribution in [0, 0.1) is 17.8 Å². The number of nitrogens with zero attached hydrogens (tertiary/aromatic N) is 1. The van der Waals surface area contributed by atoms with Gasteiger partial charge >= 0.3 is 21.3 Å². The van der Waals surface area contributed by atoms with Crippen molar-refractivity contribution in [2.45, 2.75) is 49.3 Å². The Morgan fingerprint density at radius 1 is 1.14 bits per heavy atom. The Balaban J connectivity index is 1.89. The molecule has 4 aliphatic rings. The predicted molar refractivity (Wildman–Crippen MR) is 70.2 cm³/mol. The van der Waals surface area contributed by atoms with Gasteiger partial charge in [-0.2, -0.15) is 17.2 Å². The molecule has 0 aromatic heterocycles. The fraction of sp³-hybridized carbons (Fsp3) is 0.923. The molecule has 8 heteroatoms. The Labute approximate surface area is 122 Å². The van der Waals surface area contributed by atoms with E-state index in [1.807, 2.05) is 0 Å². The third kappa shape index (κ3) is 2.18. The van der Waals surface area contributed by atoms with Crippen LogP contribution in [0.4, 0.5) is 8.78 Å². The van der Waals surface area contributed by atoms with E-state index in [0.29, 0.717) is 37.0 Å². The van der Waals surface area contributed by atoms with Crippen LogP contribution in [0.15, 0.2) is 0 Å². The van der Waals surface area contributed by atoms with Crippen molar-refractivity contribution >= 4 is 16.0 Å². The van der Waals surface area contributed by atoms with Crippen molar-refractivity contribution in [2.24, 2.45) is 17.8 Å². The molecule has 0 radical (unpaired) electrons. The van der Waals surface area contributed by atoms with Gasteiger partial charge in [-0.05, 0) is 56.3 Å². The molecule has 4 aliphatic carbocycles. The third-order valence-electron chi connectivity index (χ3n) is 5.60. The smallest absolute Gasteiger partial charge is 0.334 e. The summed E-state index contributed by atoms with van der Waals surface area (Å²) in [5.74, 6) is -0.505. The van der Waals surface area contributed by atoms with Crippen molar-refractivity contribution in [1.29, 1.82) is 0 Å². The molecule has 5 nitrogen and oxygen atoms in total. The zero-order valence-electron chi connectivity index (χ0n) is 11.8. The van der Waals surface area contributed by atoms with Crippen LogP contribution in [-0.2, 0) is 14.9 Å². The maximum Gasteiger partial charge on any atom is 0.446 e. The Morgan fingerprint density at radius 2 is 1.52 bits per heavy atom. The summed E-state index contributed by atoms with van der Waals surface area (Å²) in [7, 11) is -4.50. The molecular formula is C13H19F2NO4S. The predicted octanol–water partition coefficient (Wildman–Crippen LogP) is 1.89. The summed E-state index contributed by atoms with van der Waals surface area (Å²) in [6.07, 6.45) is 5.20. The van der Waals surface area contributed by atoms with Crippen LogP contribution in [0.2, 0.25) is 0 Å². The van der Waals surface area contributed by atoms with Crippen molar-refractivity contribution < 1.29 is 26.5 Å². The minimum absolute atomic E-state index is 0.436. The van der Waals surface area contributed by atoms with Gasteiger partial charge in [0.1, 0.15) is 0 Å². The molecule has 120 valence electrons. The van der Waals surface area contributed by atoms with E-state index in [4.69, 9.17) is 4.55 Å². The Morgan fingerprint density at radius 3 is 1.86 bits per heavy atom. The summed E-state index contributed by atoms with van der Waals surface area (Å²) in [6, 6.07) is 0. The summed E-state index contributed by atoms with van der Waals surface area (Å²) >= 11 is 0. The number of carbonyl (C=O) groups is 1. The van der Waals surface area contributed by atoms with Gasteiger partial charge < -0.3 is 4.90 Å². The molecule has 0 aromatic carbocycles. The topological polar surface area (TPSA) is 74.7 Å². The highest BCUT2D eigenvalue weighted by molar-refractivity contribution is 7.87. The molecule has 21 heavy (non-hydrogen) atoms. The average Bonchev–Trinajstić information content (AvgIpc) is 2.33. The van der Waals surface area contributed by atoms with Gasteiger partial charge in [0.15, 0.2) is 0 Å². The van der Waals surface area contributed by atoms with E-state index in [9.17, 15) is 22.0 Å². The molecule has 4 rings (SSSR count). The molecule has 4 saturated carbocycles. The first kappa shape index (κ1) is 15.1. The molecule has 4 bridgehead atoms. The zero-order valence-corrected chi connectivity index (χ0v) is 12.6. The second kappa shape index (κ2) is 4.38. The molecule has 1 N–H and O–H groups in total. The minimum atomic E-state index is -5.74. The summed E-state index contributed by atoms with van der Waals surface area (Å²) in [5.41, 5.74) is -0.667. The largest absolute Gasteiger partial charge is 0.446 e. The second-order valence-electron chi connectivity index (χ2n) is 7.00. The van der Waals surface area contributed by atoms with Crippen molar-refractivity contribution in [3.8, 4) is 0 Å². The maximum atomic E-state index is 13.6. The highest BCUT2D eigenvalue weighted by Crippen LogP contribution is 2.57. The summed E-state index contributed by atoms with van der Waals surface area (Å²) < 4.78 is 57.4. The third-order valence-corrected chi connectivity index (χ3v) is 6.42. The van der Waals surface area contributed by atoms with Crippen LogP contribution in [0.3, 0.4) is 0 Å². The van der Waals surface area contributed by atoms with Crippen molar-refractivity contribution in [1.82, 2.24) is 4.90 Å². The van der Waals surface area contributed by atoms with Gasteiger partial charge in [-0.1, -0.05) is 0 Å². The molecular weight excluding hydrogens is 304 g/mol. The Hall–Kier alpha value is -0.760. The minimum Gasteiger partial charge on any atom is -0.334 e. The average molecular weight is 323 g/mol. The number of rotatable bonds is 3. The van der Waals surface area contributed by atoms with Crippen LogP contribution in [0.25, 0.3) is 0 Å². The molecule has 0 unspecified atom stereocenters. The van der Waals surface area contributed by atoms with Crippen LogP contribution in [-0.4, -0.2) is 41.6 Å². The van der Waals surface area contributed by atoms with Gasteiger partial charge in [0.2, 0.25) is 0 Å². The lowest BCUT2D eigenvalue weighted by Crippen LogP contribution is -2.63. The van der Waals surface area contributed by atoms with Crippen LogP contribution >= 0.6 is 0 Å². The van der Waals surface area contributed by atoms with E-state index in [2.05, 4.69) is 0 Å². The van der Waals surface area contributed by atoms with Gasteiger partial charge in [0.05, 0.1) is 0 Å².